The molecule has 2 N–H and O–H groups in total. The molecule has 29 heavy (non-hydrogen) atoms. The monoisotopic (exact) mass is 407 g/mol. The van der Waals surface area contributed by atoms with Crippen LogP contribution in [0, 0.1) is 12.8 Å². The van der Waals surface area contributed by atoms with Gasteiger partial charge in [-0.15, -0.1) is 11.3 Å². The molecule has 4 rings (SSSR count). The second-order valence-electron chi connectivity index (χ2n) is 7.72. The van der Waals surface area contributed by atoms with Crippen LogP contribution in [0.4, 0.5) is 0 Å². The minimum absolute atomic E-state index is 0.136. The third-order valence-electron chi connectivity index (χ3n) is 5.71. The summed E-state index contributed by atoms with van der Waals surface area (Å²) in [6.07, 6.45) is 2.90. The van der Waals surface area contributed by atoms with Gasteiger partial charge in [0, 0.05) is 29.1 Å². The van der Waals surface area contributed by atoms with Gasteiger partial charge in [0.05, 0.1) is 11.5 Å². The van der Waals surface area contributed by atoms with Crippen molar-refractivity contribution in [2.75, 3.05) is 13.1 Å². The normalized spacial score (nSPS) is 18.7. The third-order valence-corrected chi connectivity index (χ3v) is 6.82. The van der Waals surface area contributed by atoms with Gasteiger partial charge in [0.15, 0.2) is 0 Å². The van der Waals surface area contributed by atoms with Crippen molar-refractivity contribution in [1.82, 2.24) is 10.6 Å². The van der Waals surface area contributed by atoms with Gasteiger partial charge in [-0.2, -0.15) is 0 Å². The summed E-state index contributed by atoms with van der Waals surface area (Å²) in [5.41, 5.74) is 7.28. The lowest BCUT2D eigenvalue weighted by molar-refractivity contribution is -0.120. The van der Waals surface area contributed by atoms with Gasteiger partial charge >= 0.3 is 0 Å². The largest absolute Gasteiger partial charge is 0.351 e. The fraction of sp³-hybridized carbons (Fsp3) is 0.348. The fourth-order valence-corrected chi connectivity index (χ4v) is 5.22. The lowest BCUT2D eigenvalue weighted by Crippen LogP contribution is -2.34. The van der Waals surface area contributed by atoms with Gasteiger partial charge < -0.3 is 10.6 Å². The SMILES string of the molecule is CC1=CC(C)=NC(=O)C1CNC(=O)c1csc(-c2cccc3c2CCNC3)c1C. The number of rotatable bonds is 4. The molecule has 1 aromatic heterocycles. The van der Waals surface area contributed by atoms with Crippen LogP contribution >= 0.6 is 11.3 Å². The highest BCUT2D eigenvalue weighted by atomic mass is 32.1. The minimum atomic E-state index is -0.380. The number of amides is 2. The van der Waals surface area contributed by atoms with Gasteiger partial charge in [0.2, 0.25) is 0 Å². The van der Waals surface area contributed by atoms with Crippen LogP contribution in [0.15, 0.2) is 40.2 Å². The van der Waals surface area contributed by atoms with E-state index >= 15 is 0 Å². The Balaban J connectivity index is 1.53. The first-order valence-corrected chi connectivity index (χ1v) is 10.8. The molecule has 150 valence electrons. The van der Waals surface area contributed by atoms with Gasteiger partial charge in [-0.1, -0.05) is 23.8 Å². The van der Waals surface area contributed by atoms with E-state index in [1.54, 1.807) is 11.3 Å². The van der Waals surface area contributed by atoms with Crippen LogP contribution in [0.1, 0.15) is 40.9 Å². The molecule has 2 amide bonds. The second kappa shape index (κ2) is 8.05. The fourth-order valence-electron chi connectivity index (χ4n) is 4.10. The molecule has 0 aliphatic carbocycles. The summed E-state index contributed by atoms with van der Waals surface area (Å²) in [6, 6.07) is 6.41. The number of hydrogen-bond acceptors (Lipinski definition) is 4. The molecule has 0 radical (unpaired) electrons. The van der Waals surface area contributed by atoms with E-state index in [1.165, 1.54) is 16.7 Å². The summed E-state index contributed by atoms with van der Waals surface area (Å²) in [6.45, 7) is 7.87. The Morgan fingerprint density at radius 3 is 2.93 bits per heavy atom. The number of fused-ring (bicyclic) bond motifs is 1. The molecule has 3 heterocycles. The summed E-state index contributed by atoms with van der Waals surface area (Å²) >= 11 is 1.61. The molecule has 0 spiro atoms. The molecule has 6 heteroatoms. The summed E-state index contributed by atoms with van der Waals surface area (Å²) in [4.78, 5) is 30.2. The van der Waals surface area contributed by atoms with Gasteiger partial charge in [-0.25, -0.2) is 4.99 Å². The van der Waals surface area contributed by atoms with Crippen LogP contribution in [-0.2, 0) is 17.8 Å². The lowest BCUT2D eigenvalue weighted by Gasteiger charge is -2.20. The van der Waals surface area contributed by atoms with Gasteiger partial charge in [-0.3, -0.25) is 9.59 Å². The van der Waals surface area contributed by atoms with E-state index in [2.05, 4.69) is 33.8 Å². The Hall–Kier alpha value is -2.57. The number of carbonyl (C=O) groups excluding carboxylic acids is 2. The molecule has 2 aliphatic heterocycles. The van der Waals surface area contributed by atoms with Crippen LogP contribution in [0.2, 0.25) is 0 Å². The zero-order valence-corrected chi connectivity index (χ0v) is 17.8. The van der Waals surface area contributed by atoms with Crippen LogP contribution in [0.25, 0.3) is 10.4 Å². The van der Waals surface area contributed by atoms with Crippen LogP contribution in [0.5, 0.6) is 0 Å². The van der Waals surface area contributed by atoms with Crippen LogP contribution < -0.4 is 10.6 Å². The maximum atomic E-state index is 12.8. The molecule has 0 bridgehead atoms. The third kappa shape index (κ3) is 3.82. The van der Waals surface area contributed by atoms with E-state index in [9.17, 15) is 9.59 Å². The molecule has 2 aliphatic rings. The number of thiophene rings is 1. The number of benzene rings is 1. The Bertz CT molecular complexity index is 1050. The Labute approximate surface area is 174 Å². The smallest absolute Gasteiger partial charge is 0.254 e. The topological polar surface area (TPSA) is 70.6 Å². The molecule has 1 unspecified atom stereocenters. The molecule has 5 nitrogen and oxygen atoms in total. The van der Waals surface area contributed by atoms with Crippen molar-refractivity contribution in [2.24, 2.45) is 10.9 Å². The summed E-state index contributed by atoms with van der Waals surface area (Å²) in [7, 11) is 0. The predicted molar refractivity (Wildman–Crippen MR) is 118 cm³/mol. The number of aliphatic imine (C=N–C) groups is 1. The number of hydrogen-bond donors (Lipinski definition) is 2. The number of carbonyl (C=O) groups is 2. The van der Waals surface area contributed by atoms with Crippen molar-refractivity contribution in [3.05, 3.63) is 57.5 Å². The Kier molecular flexibility index (Phi) is 5.48. The summed E-state index contributed by atoms with van der Waals surface area (Å²) < 4.78 is 0. The van der Waals surface area contributed by atoms with E-state index in [-0.39, 0.29) is 24.3 Å². The van der Waals surface area contributed by atoms with E-state index in [1.807, 2.05) is 32.2 Å². The summed E-state index contributed by atoms with van der Waals surface area (Å²) in [5, 5.41) is 8.28. The van der Waals surface area contributed by atoms with E-state index < -0.39 is 0 Å². The molecule has 1 aromatic carbocycles. The average Bonchev–Trinajstić information content (AvgIpc) is 3.08. The average molecular weight is 408 g/mol. The van der Waals surface area contributed by atoms with Crippen molar-refractivity contribution in [1.29, 1.82) is 0 Å². The maximum Gasteiger partial charge on any atom is 0.254 e. The highest BCUT2D eigenvalue weighted by Gasteiger charge is 2.25. The van der Waals surface area contributed by atoms with Crippen molar-refractivity contribution in [3.63, 3.8) is 0 Å². The number of dihydropyridines is 1. The first-order valence-electron chi connectivity index (χ1n) is 9.91. The van der Waals surface area contributed by atoms with Crippen molar-refractivity contribution >= 4 is 28.9 Å². The van der Waals surface area contributed by atoms with E-state index in [4.69, 9.17) is 0 Å². The van der Waals surface area contributed by atoms with Gasteiger partial charge in [0.25, 0.3) is 11.8 Å². The summed E-state index contributed by atoms with van der Waals surface area (Å²) in [5.74, 6) is -0.701. The van der Waals surface area contributed by atoms with Crippen molar-refractivity contribution < 1.29 is 9.59 Å². The van der Waals surface area contributed by atoms with Gasteiger partial charge in [-0.05, 0) is 62.1 Å². The zero-order valence-electron chi connectivity index (χ0n) is 17.0. The van der Waals surface area contributed by atoms with Crippen LogP contribution in [-0.4, -0.2) is 30.6 Å². The van der Waals surface area contributed by atoms with Crippen LogP contribution in [0.3, 0.4) is 0 Å². The highest BCUT2D eigenvalue weighted by molar-refractivity contribution is 7.14. The first kappa shape index (κ1) is 19.7. The predicted octanol–water partition coefficient (Wildman–Crippen LogP) is 3.66. The van der Waals surface area contributed by atoms with Gasteiger partial charge in [0.1, 0.15) is 0 Å². The molecule has 0 fully saturated rings. The number of nitrogens with zero attached hydrogens (tertiary/aromatic N) is 1. The quantitative estimate of drug-likeness (QED) is 0.813. The Morgan fingerprint density at radius 1 is 1.31 bits per heavy atom. The lowest BCUT2D eigenvalue weighted by atomic mass is 9.93. The molecule has 2 aromatic rings. The van der Waals surface area contributed by atoms with E-state index in [0.29, 0.717) is 5.56 Å². The maximum absolute atomic E-state index is 12.8. The second-order valence-corrected chi connectivity index (χ2v) is 8.60. The van der Waals surface area contributed by atoms with E-state index in [0.717, 1.165) is 41.2 Å². The molecule has 0 saturated heterocycles. The number of allylic oxidation sites excluding steroid dienone is 1. The molecule has 1 atom stereocenters. The number of nitrogens with one attached hydrogen (secondary N) is 2. The molecular weight excluding hydrogens is 382 g/mol. The van der Waals surface area contributed by atoms with Crippen molar-refractivity contribution in [3.8, 4) is 10.4 Å². The molecular formula is C23H25N3O2S. The zero-order chi connectivity index (χ0) is 20.5. The standard InChI is InChI=1S/C23H25N3O2S/c1-13-9-14(2)26-23(28)19(13)11-25-22(27)20-12-29-21(15(20)3)18-6-4-5-16-10-24-8-7-17(16)18/h4-6,9,12,19,24H,7-8,10-11H2,1-3H3,(H,25,27). The highest BCUT2D eigenvalue weighted by Crippen LogP contribution is 2.36. The van der Waals surface area contributed by atoms with Crippen molar-refractivity contribution in [2.45, 2.75) is 33.7 Å². The minimum Gasteiger partial charge on any atom is -0.351 e. The molecule has 0 saturated carbocycles. The first-order chi connectivity index (χ1) is 14.0. The Morgan fingerprint density at radius 2 is 2.14 bits per heavy atom.